The van der Waals surface area contributed by atoms with Crippen molar-refractivity contribution >= 4 is 94.1 Å². The van der Waals surface area contributed by atoms with Crippen molar-refractivity contribution in [3.05, 3.63) is 37.6 Å². The van der Waals surface area contributed by atoms with Crippen LogP contribution in [-0.2, 0) is 0 Å². The second kappa shape index (κ2) is 8.04. The van der Waals surface area contributed by atoms with Crippen molar-refractivity contribution < 1.29 is 0 Å². The average molecular weight is 413 g/mol. The normalized spacial score (nSPS) is 22.7. The maximum absolute atomic E-state index is 2.30. The molecule has 8 heteroatoms. The lowest BCUT2D eigenvalue weighted by Crippen LogP contribution is -1.88. The van der Waals surface area contributed by atoms with Crippen molar-refractivity contribution in [1.29, 1.82) is 0 Å². The van der Waals surface area contributed by atoms with E-state index in [2.05, 4.69) is 24.7 Å². The van der Waals surface area contributed by atoms with E-state index in [1.165, 1.54) is 36.9 Å². The van der Waals surface area contributed by atoms with E-state index >= 15 is 0 Å². The Morgan fingerprint density at radius 1 is 0.750 bits per heavy atom. The summed E-state index contributed by atoms with van der Waals surface area (Å²) < 4.78 is 8.77. The highest BCUT2D eigenvalue weighted by Crippen LogP contribution is 2.60. The van der Waals surface area contributed by atoms with Crippen molar-refractivity contribution in [2.75, 3.05) is 24.0 Å². The van der Waals surface area contributed by atoms with Gasteiger partial charge in [0.05, 0.1) is 25.4 Å². The highest BCUT2D eigenvalue weighted by Gasteiger charge is 2.25. The van der Waals surface area contributed by atoms with E-state index < -0.39 is 0 Å². The first-order chi connectivity index (χ1) is 9.80. The standard InChI is InChI=1S/C12H12S8/c1-13-9-10(14-2)18-7(17-9)3-4-8-19-11-12(20-8)16-6-5-15-11/h3-4H,5-6H2,1-2H3. The molecule has 0 atom stereocenters. The molecule has 20 heavy (non-hydrogen) atoms. The van der Waals surface area contributed by atoms with Crippen LogP contribution in [0.2, 0.25) is 0 Å². The Morgan fingerprint density at radius 3 is 1.65 bits per heavy atom. The van der Waals surface area contributed by atoms with E-state index in [0.717, 1.165) is 0 Å². The first-order valence-corrected chi connectivity index (χ1v) is 13.4. The fraction of sp³-hybridized carbons (Fsp3) is 0.333. The summed E-state index contributed by atoms with van der Waals surface area (Å²) in [6.45, 7) is 0. The molecule has 0 radical (unpaired) electrons. The molecule has 0 aromatic heterocycles. The van der Waals surface area contributed by atoms with Gasteiger partial charge in [0.25, 0.3) is 0 Å². The minimum Gasteiger partial charge on any atom is -0.121 e. The van der Waals surface area contributed by atoms with Gasteiger partial charge in [-0.15, -0.1) is 47.0 Å². The van der Waals surface area contributed by atoms with Gasteiger partial charge in [-0.1, -0.05) is 47.0 Å². The molecule has 0 amide bonds. The van der Waals surface area contributed by atoms with E-state index in [4.69, 9.17) is 0 Å². The minimum absolute atomic E-state index is 1.26. The summed E-state index contributed by atoms with van der Waals surface area (Å²) in [5, 5.41) is 0. The van der Waals surface area contributed by atoms with Crippen molar-refractivity contribution in [2.45, 2.75) is 0 Å². The molecule has 0 unspecified atom stereocenters. The Bertz CT molecular complexity index is 460. The van der Waals surface area contributed by atoms with Crippen molar-refractivity contribution in [1.82, 2.24) is 0 Å². The van der Waals surface area contributed by atoms with Gasteiger partial charge in [-0.3, -0.25) is 0 Å². The Balaban J connectivity index is 1.63. The number of rotatable bonds is 3. The van der Waals surface area contributed by atoms with Crippen LogP contribution < -0.4 is 0 Å². The maximum Gasteiger partial charge on any atom is 0.0660 e. The zero-order valence-corrected chi connectivity index (χ0v) is 17.4. The van der Waals surface area contributed by atoms with Crippen LogP contribution in [0.15, 0.2) is 37.6 Å². The van der Waals surface area contributed by atoms with Crippen LogP contribution in [0.1, 0.15) is 0 Å². The van der Waals surface area contributed by atoms with Crippen molar-refractivity contribution in [2.24, 2.45) is 0 Å². The molecule has 3 aliphatic heterocycles. The molecule has 108 valence electrons. The second-order valence-corrected chi connectivity index (χ2v) is 13.2. The molecule has 0 saturated carbocycles. The molecular formula is C12H12S8. The summed E-state index contributed by atoms with van der Waals surface area (Å²) in [6, 6.07) is 0. The molecular weight excluding hydrogens is 401 g/mol. The summed E-state index contributed by atoms with van der Waals surface area (Å²) in [6.07, 6.45) is 8.91. The lowest BCUT2D eigenvalue weighted by Gasteiger charge is -2.08. The van der Waals surface area contributed by atoms with Crippen LogP contribution in [-0.4, -0.2) is 24.0 Å². The molecule has 0 aromatic rings. The summed E-state index contributed by atoms with van der Waals surface area (Å²) >= 11 is 15.5. The molecule has 0 aromatic carbocycles. The lowest BCUT2D eigenvalue weighted by molar-refractivity contribution is 1.56. The average Bonchev–Trinajstić information content (AvgIpc) is 3.07. The predicted molar refractivity (Wildman–Crippen MR) is 113 cm³/mol. The van der Waals surface area contributed by atoms with E-state index in [1.807, 2.05) is 94.1 Å². The lowest BCUT2D eigenvalue weighted by atomic mass is 10.6. The van der Waals surface area contributed by atoms with Crippen molar-refractivity contribution in [3.63, 3.8) is 0 Å². The Morgan fingerprint density at radius 2 is 1.20 bits per heavy atom. The maximum atomic E-state index is 2.30. The Hall–Kier alpha value is 1.76. The number of allylic oxidation sites excluding steroid dienone is 2. The molecule has 0 spiro atoms. The predicted octanol–water partition coefficient (Wildman–Crippen LogP) is 7.09. The van der Waals surface area contributed by atoms with Crippen LogP contribution >= 0.6 is 94.1 Å². The van der Waals surface area contributed by atoms with Gasteiger partial charge in [0.2, 0.25) is 0 Å². The van der Waals surface area contributed by atoms with Gasteiger partial charge >= 0.3 is 0 Å². The van der Waals surface area contributed by atoms with Gasteiger partial charge in [-0.05, 0) is 24.7 Å². The van der Waals surface area contributed by atoms with E-state index in [-0.39, 0.29) is 0 Å². The van der Waals surface area contributed by atoms with Crippen LogP contribution in [0, 0.1) is 0 Å². The minimum atomic E-state index is 1.26. The molecule has 0 nitrogen and oxygen atoms in total. The summed E-state index contributed by atoms with van der Waals surface area (Å²) in [5.74, 6) is 2.52. The largest absolute Gasteiger partial charge is 0.121 e. The van der Waals surface area contributed by atoms with Crippen LogP contribution in [0.3, 0.4) is 0 Å². The summed E-state index contributed by atoms with van der Waals surface area (Å²) in [7, 11) is 0. The third-order valence-corrected chi connectivity index (χ3v) is 13.2. The first-order valence-electron chi connectivity index (χ1n) is 5.75. The second-order valence-electron chi connectivity index (χ2n) is 3.63. The highest BCUT2D eigenvalue weighted by molar-refractivity contribution is 8.42. The van der Waals surface area contributed by atoms with Gasteiger partial charge < -0.3 is 0 Å². The molecule has 0 bridgehead atoms. The van der Waals surface area contributed by atoms with Gasteiger partial charge in [-0.2, -0.15) is 0 Å². The van der Waals surface area contributed by atoms with E-state index in [0.29, 0.717) is 0 Å². The van der Waals surface area contributed by atoms with Gasteiger partial charge in [0, 0.05) is 11.5 Å². The fourth-order valence-electron chi connectivity index (χ4n) is 1.54. The van der Waals surface area contributed by atoms with Gasteiger partial charge in [0.1, 0.15) is 0 Å². The monoisotopic (exact) mass is 412 g/mol. The van der Waals surface area contributed by atoms with Crippen LogP contribution in [0.25, 0.3) is 0 Å². The van der Waals surface area contributed by atoms with Crippen LogP contribution in [0.5, 0.6) is 0 Å². The van der Waals surface area contributed by atoms with Crippen molar-refractivity contribution in [3.8, 4) is 0 Å². The molecule has 3 aliphatic rings. The van der Waals surface area contributed by atoms with E-state index in [9.17, 15) is 0 Å². The third kappa shape index (κ3) is 3.99. The molecule has 0 N–H and O–H groups in total. The Labute approximate surface area is 154 Å². The molecule has 3 heterocycles. The first kappa shape index (κ1) is 16.6. The van der Waals surface area contributed by atoms with E-state index in [1.54, 1.807) is 0 Å². The quantitative estimate of drug-likeness (QED) is 0.475. The molecule has 3 rings (SSSR count). The highest BCUT2D eigenvalue weighted by atomic mass is 32.3. The topological polar surface area (TPSA) is 0 Å². The third-order valence-electron chi connectivity index (χ3n) is 2.38. The SMILES string of the molecule is CSC1=C(SC)SC(=CC=C2SC3=C(SCCS3)S2)S1. The summed E-state index contributed by atoms with van der Waals surface area (Å²) in [5.41, 5.74) is 0. The zero-order valence-electron chi connectivity index (χ0n) is 10.8. The fourth-order valence-corrected chi connectivity index (χ4v) is 12.1. The number of hydrogen-bond acceptors (Lipinski definition) is 8. The zero-order chi connectivity index (χ0) is 13.9. The molecule has 0 aliphatic carbocycles. The smallest absolute Gasteiger partial charge is 0.0660 e. The molecule has 0 saturated heterocycles. The van der Waals surface area contributed by atoms with Gasteiger partial charge in [-0.25, -0.2) is 0 Å². The van der Waals surface area contributed by atoms with Gasteiger partial charge in [0.15, 0.2) is 0 Å². The molecule has 0 fully saturated rings. The van der Waals surface area contributed by atoms with Crippen LogP contribution in [0.4, 0.5) is 0 Å². The Kier molecular flexibility index (Phi) is 6.67. The number of hydrogen-bond donors (Lipinski definition) is 0. The number of thioether (sulfide) groups is 8. The summed E-state index contributed by atoms with van der Waals surface area (Å²) in [4.78, 5) is 0.